The van der Waals surface area contributed by atoms with Gasteiger partial charge < -0.3 is 20.5 Å². The second-order valence-corrected chi connectivity index (χ2v) is 8.54. The second-order valence-electron chi connectivity index (χ2n) is 7.43. The number of hydrogen-bond acceptors (Lipinski definition) is 5. The summed E-state index contributed by atoms with van der Waals surface area (Å²) in [7, 11) is 0. The van der Waals surface area contributed by atoms with Crippen LogP contribution in [-0.4, -0.2) is 32.8 Å². The fourth-order valence-corrected chi connectivity index (χ4v) is 4.86. The maximum atomic E-state index is 12.6. The summed E-state index contributed by atoms with van der Waals surface area (Å²) in [5, 5.41) is 3.82. The summed E-state index contributed by atoms with van der Waals surface area (Å²) in [6, 6.07) is 0. The van der Waals surface area contributed by atoms with Gasteiger partial charge in [-0.1, -0.05) is 37.0 Å². The number of thiophene rings is 1. The zero-order chi connectivity index (χ0) is 22.2. The first kappa shape index (κ1) is 22.7. The fourth-order valence-electron chi connectivity index (χ4n) is 3.55. The van der Waals surface area contributed by atoms with Crippen molar-refractivity contribution < 1.29 is 9.59 Å². The minimum atomic E-state index is -0.0604. The number of aromatic nitrogens is 2. The predicted molar refractivity (Wildman–Crippen MR) is 125 cm³/mol. The molecule has 0 radical (unpaired) electrons. The van der Waals surface area contributed by atoms with E-state index in [4.69, 9.17) is 5.73 Å². The third-order valence-corrected chi connectivity index (χ3v) is 6.43. The number of allylic oxidation sites excluding steroid dienone is 4. The molecule has 1 aliphatic heterocycles. The lowest BCUT2D eigenvalue weighted by atomic mass is 10.0. The predicted octanol–water partition coefficient (Wildman–Crippen LogP) is 3.40. The van der Waals surface area contributed by atoms with Gasteiger partial charge in [0.15, 0.2) is 0 Å². The van der Waals surface area contributed by atoms with Crippen LogP contribution in [0.1, 0.15) is 35.3 Å². The molecule has 0 aliphatic carbocycles. The van der Waals surface area contributed by atoms with Crippen LogP contribution in [0.25, 0.3) is 0 Å². The molecule has 3 rings (SSSR count). The van der Waals surface area contributed by atoms with E-state index in [2.05, 4.69) is 23.5 Å². The molecule has 0 fully saturated rings. The standard InChI is InChI=1S/C23H29N5O2S/c1-3-4-5-17(2)6-7-21(29)26-23-19(14-24)18-8-12-28(15-20(18)31-23)22(30)9-11-27-13-10-25-16-27/h3-5,10,13,16H,1-2,6-9,11-12,14-15,24H2,(H,26,29)/b5-4-. The molecular weight excluding hydrogens is 410 g/mol. The first-order chi connectivity index (χ1) is 15.0. The van der Waals surface area contributed by atoms with Crippen molar-refractivity contribution in [1.82, 2.24) is 14.5 Å². The number of imidazole rings is 1. The van der Waals surface area contributed by atoms with Gasteiger partial charge in [-0.3, -0.25) is 9.59 Å². The molecular formula is C23H29N5O2S. The normalized spacial score (nSPS) is 13.3. The van der Waals surface area contributed by atoms with Crippen LogP contribution in [0, 0.1) is 0 Å². The van der Waals surface area contributed by atoms with E-state index < -0.39 is 0 Å². The number of anilines is 1. The van der Waals surface area contributed by atoms with Crippen molar-refractivity contribution >= 4 is 28.2 Å². The van der Waals surface area contributed by atoms with Crippen LogP contribution in [0.5, 0.6) is 0 Å². The van der Waals surface area contributed by atoms with Gasteiger partial charge in [0.1, 0.15) is 0 Å². The van der Waals surface area contributed by atoms with Gasteiger partial charge in [0.2, 0.25) is 11.8 Å². The van der Waals surface area contributed by atoms with Gasteiger partial charge in [-0.15, -0.1) is 11.3 Å². The maximum Gasteiger partial charge on any atom is 0.225 e. The Balaban J connectivity index is 1.59. The summed E-state index contributed by atoms with van der Waals surface area (Å²) in [5.41, 5.74) is 9.05. The monoisotopic (exact) mass is 439 g/mol. The molecule has 3 N–H and O–H groups in total. The first-order valence-electron chi connectivity index (χ1n) is 10.4. The van der Waals surface area contributed by atoms with Gasteiger partial charge >= 0.3 is 0 Å². The Bertz CT molecular complexity index is 975. The van der Waals surface area contributed by atoms with E-state index in [-0.39, 0.29) is 11.8 Å². The summed E-state index contributed by atoms with van der Waals surface area (Å²) >= 11 is 1.53. The molecule has 2 aromatic rings. The van der Waals surface area contributed by atoms with E-state index in [9.17, 15) is 9.59 Å². The molecule has 0 saturated heterocycles. The SMILES string of the molecule is C=C/C=C\C(=C)CCC(=O)Nc1sc2c(c1CN)CCN(C(=O)CCn1ccnc1)C2. The van der Waals surface area contributed by atoms with Crippen LogP contribution in [-0.2, 0) is 35.6 Å². The average Bonchev–Trinajstić information content (AvgIpc) is 3.41. The number of fused-ring (bicyclic) bond motifs is 1. The molecule has 0 saturated carbocycles. The lowest BCUT2D eigenvalue weighted by molar-refractivity contribution is -0.132. The van der Waals surface area contributed by atoms with E-state index in [1.807, 2.05) is 27.8 Å². The highest BCUT2D eigenvalue weighted by Gasteiger charge is 2.26. The van der Waals surface area contributed by atoms with Crippen LogP contribution in [0.15, 0.2) is 55.7 Å². The Labute approximate surface area is 187 Å². The van der Waals surface area contributed by atoms with Crippen molar-refractivity contribution in [2.75, 3.05) is 11.9 Å². The third-order valence-electron chi connectivity index (χ3n) is 5.26. The minimum Gasteiger partial charge on any atom is -0.337 e. The molecule has 0 atom stereocenters. The first-order valence-corrected chi connectivity index (χ1v) is 11.2. The number of rotatable bonds is 10. The van der Waals surface area contributed by atoms with Crippen LogP contribution < -0.4 is 11.1 Å². The Hall–Kier alpha value is -2.97. The number of hydrogen-bond donors (Lipinski definition) is 2. The van der Waals surface area contributed by atoms with Gasteiger partial charge in [0.05, 0.1) is 17.9 Å². The largest absolute Gasteiger partial charge is 0.337 e. The summed E-state index contributed by atoms with van der Waals surface area (Å²) in [5.74, 6) is 0.0634. The number of aryl methyl sites for hydroxylation is 1. The van der Waals surface area contributed by atoms with Crippen molar-refractivity contribution in [2.45, 2.75) is 45.3 Å². The van der Waals surface area contributed by atoms with Crippen molar-refractivity contribution in [3.05, 3.63) is 71.7 Å². The summed E-state index contributed by atoms with van der Waals surface area (Å²) in [6.07, 6.45) is 12.8. The van der Waals surface area contributed by atoms with Crippen LogP contribution in [0.3, 0.4) is 0 Å². The number of nitrogens with two attached hydrogens (primary N) is 1. The van der Waals surface area contributed by atoms with Gasteiger partial charge in [-0.25, -0.2) is 4.98 Å². The molecule has 3 heterocycles. The molecule has 0 spiro atoms. The molecule has 8 heteroatoms. The Morgan fingerprint density at radius 1 is 1.32 bits per heavy atom. The lowest BCUT2D eigenvalue weighted by Crippen LogP contribution is -2.36. The summed E-state index contributed by atoms with van der Waals surface area (Å²) in [4.78, 5) is 32.1. The van der Waals surface area contributed by atoms with Crippen LogP contribution >= 0.6 is 11.3 Å². The molecule has 0 unspecified atom stereocenters. The highest BCUT2D eigenvalue weighted by Crippen LogP contribution is 2.37. The highest BCUT2D eigenvalue weighted by molar-refractivity contribution is 7.16. The molecule has 0 aromatic carbocycles. The Morgan fingerprint density at radius 2 is 2.16 bits per heavy atom. The zero-order valence-electron chi connectivity index (χ0n) is 17.7. The van der Waals surface area contributed by atoms with E-state index in [1.165, 1.54) is 16.9 Å². The molecule has 2 aromatic heterocycles. The Morgan fingerprint density at radius 3 is 2.87 bits per heavy atom. The van der Waals surface area contributed by atoms with Gasteiger partial charge in [-0.2, -0.15) is 0 Å². The zero-order valence-corrected chi connectivity index (χ0v) is 18.5. The van der Waals surface area contributed by atoms with Crippen molar-refractivity contribution in [1.29, 1.82) is 0 Å². The number of amides is 2. The fraction of sp³-hybridized carbons (Fsp3) is 0.348. The van der Waals surface area contributed by atoms with E-state index in [1.54, 1.807) is 18.6 Å². The molecule has 0 bridgehead atoms. The van der Waals surface area contributed by atoms with Crippen LogP contribution in [0.4, 0.5) is 5.00 Å². The van der Waals surface area contributed by atoms with Gasteiger partial charge in [0, 0.05) is 55.3 Å². The molecule has 7 nitrogen and oxygen atoms in total. The highest BCUT2D eigenvalue weighted by atomic mass is 32.1. The number of nitrogens with zero attached hydrogens (tertiary/aromatic N) is 3. The topological polar surface area (TPSA) is 93.3 Å². The lowest BCUT2D eigenvalue weighted by Gasteiger charge is -2.27. The number of nitrogens with one attached hydrogen (secondary N) is 1. The average molecular weight is 440 g/mol. The van der Waals surface area contributed by atoms with Gasteiger partial charge in [0.25, 0.3) is 0 Å². The molecule has 164 valence electrons. The van der Waals surface area contributed by atoms with Crippen molar-refractivity contribution in [3.8, 4) is 0 Å². The van der Waals surface area contributed by atoms with Crippen molar-refractivity contribution in [2.24, 2.45) is 5.73 Å². The third kappa shape index (κ3) is 6.02. The van der Waals surface area contributed by atoms with Crippen molar-refractivity contribution in [3.63, 3.8) is 0 Å². The quantitative estimate of drug-likeness (QED) is 0.555. The second kappa shape index (κ2) is 10.9. The van der Waals surface area contributed by atoms with Crippen LogP contribution in [0.2, 0.25) is 0 Å². The summed E-state index contributed by atoms with van der Waals surface area (Å²) in [6.45, 7) is 9.79. The molecule has 31 heavy (non-hydrogen) atoms. The molecule has 1 aliphatic rings. The van der Waals surface area contributed by atoms with E-state index in [0.717, 1.165) is 27.4 Å². The Kier molecular flexibility index (Phi) is 7.97. The molecule has 2 amide bonds. The smallest absolute Gasteiger partial charge is 0.225 e. The van der Waals surface area contributed by atoms with E-state index in [0.29, 0.717) is 45.4 Å². The number of carbonyl (C=O) groups is 2. The summed E-state index contributed by atoms with van der Waals surface area (Å²) < 4.78 is 1.90. The number of carbonyl (C=O) groups excluding carboxylic acids is 2. The van der Waals surface area contributed by atoms with E-state index >= 15 is 0 Å². The minimum absolute atomic E-state index is 0.0604. The van der Waals surface area contributed by atoms with Gasteiger partial charge in [-0.05, 0) is 18.4 Å². The maximum absolute atomic E-state index is 12.6.